The molecule has 3 rings (SSSR count). The van der Waals surface area contributed by atoms with Gasteiger partial charge in [-0.1, -0.05) is 12.1 Å². The molecule has 1 heterocycles. The lowest BCUT2D eigenvalue weighted by Crippen LogP contribution is -2.15. The predicted octanol–water partition coefficient (Wildman–Crippen LogP) is 4.89. The van der Waals surface area contributed by atoms with Crippen molar-refractivity contribution in [2.75, 3.05) is 26.4 Å². The van der Waals surface area contributed by atoms with Crippen molar-refractivity contribution in [2.24, 2.45) is 5.92 Å². The first kappa shape index (κ1) is 26.9. The van der Waals surface area contributed by atoms with E-state index >= 15 is 0 Å². The molecule has 0 aromatic heterocycles. The molecule has 0 radical (unpaired) electrons. The fraction of sp³-hybridized carbons (Fsp3) is 0.458. The van der Waals surface area contributed by atoms with Crippen LogP contribution >= 0.6 is 0 Å². The van der Waals surface area contributed by atoms with Gasteiger partial charge in [-0.2, -0.15) is 13.2 Å². The van der Waals surface area contributed by atoms with E-state index in [4.69, 9.17) is 4.74 Å². The zero-order valence-corrected chi connectivity index (χ0v) is 20.0. The van der Waals surface area contributed by atoms with Gasteiger partial charge in [-0.3, -0.25) is 4.79 Å². The summed E-state index contributed by atoms with van der Waals surface area (Å²) in [6, 6.07) is 9.80. The number of likely N-dealkylation sites (tertiary alicyclic amines) is 1. The molecule has 0 amide bonds. The second kappa shape index (κ2) is 11.2. The van der Waals surface area contributed by atoms with Gasteiger partial charge in [0.05, 0.1) is 22.1 Å². The Balaban J connectivity index is 0.000000234. The molecule has 1 atom stereocenters. The first-order chi connectivity index (χ1) is 15.3. The maximum atomic E-state index is 12.4. The van der Waals surface area contributed by atoms with Crippen LogP contribution in [0.3, 0.4) is 0 Å². The maximum Gasteiger partial charge on any atom is 0.416 e. The van der Waals surface area contributed by atoms with Crippen LogP contribution in [0, 0.1) is 5.92 Å². The largest absolute Gasteiger partial charge is 0.490 e. The Morgan fingerprint density at radius 3 is 2.24 bits per heavy atom. The van der Waals surface area contributed by atoms with E-state index in [1.165, 1.54) is 30.3 Å². The second-order valence-electron chi connectivity index (χ2n) is 8.57. The van der Waals surface area contributed by atoms with Gasteiger partial charge in [-0.25, -0.2) is 8.42 Å². The number of benzene rings is 2. The average Bonchev–Trinajstić information content (AvgIpc) is 3.12. The average molecular weight is 486 g/mol. The molecule has 1 aliphatic rings. The van der Waals surface area contributed by atoms with E-state index < -0.39 is 21.6 Å². The van der Waals surface area contributed by atoms with Crippen LogP contribution in [0.5, 0.6) is 5.75 Å². The van der Waals surface area contributed by atoms with Gasteiger partial charge in [0.25, 0.3) is 0 Å². The summed E-state index contributed by atoms with van der Waals surface area (Å²) in [7, 11) is -1.22. The van der Waals surface area contributed by atoms with Gasteiger partial charge in [-0.15, -0.1) is 0 Å². The van der Waals surface area contributed by atoms with Crippen molar-refractivity contribution < 1.29 is 31.1 Å². The minimum Gasteiger partial charge on any atom is -0.490 e. The number of carbonyl (C=O) groups is 1. The van der Waals surface area contributed by atoms with Gasteiger partial charge in [0.15, 0.2) is 16.1 Å². The number of hydrogen-bond donors (Lipinski definition) is 0. The second-order valence-corrected chi connectivity index (χ2v) is 10.6. The third-order valence-electron chi connectivity index (χ3n) is 5.19. The third kappa shape index (κ3) is 8.47. The number of aldehydes is 1. The standard InChI is InChI=1S/C13H16F3N.C11H14O4S/c1-17-7-6-11(9-17)8-10-2-4-12(5-3-10)13(14,15)16;1-8(2)15-11-5-4-10(16(3,13)14)6-9(11)7-12/h2-5,11H,6-9H2,1H3;4-8H,1-3H3. The van der Waals surface area contributed by atoms with Crippen LogP contribution in [-0.2, 0) is 22.4 Å². The number of hydrogen-bond acceptors (Lipinski definition) is 5. The molecule has 0 bridgehead atoms. The van der Waals surface area contributed by atoms with Gasteiger partial charge >= 0.3 is 6.18 Å². The summed E-state index contributed by atoms with van der Waals surface area (Å²) in [5, 5.41) is 0. The molecule has 1 unspecified atom stereocenters. The van der Waals surface area contributed by atoms with Gasteiger partial charge in [0, 0.05) is 12.8 Å². The summed E-state index contributed by atoms with van der Waals surface area (Å²) in [4.78, 5) is 13.2. The summed E-state index contributed by atoms with van der Waals surface area (Å²) in [6.07, 6.45) is -0.596. The quantitative estimate of drug-likeness (QED) is 0.545. The normalized spacial score (nSPS) is 16.9. The topological polar surface area (TPSA) is 63.7 Å². The maximum absolute atomic E-state index is 12.4. The van der Waals surface area contributed by atoms with E-state index in [9.17, 15) is 26.4 Å². The Morgan fingerprint density at radius 2 is 1.79 bits per heavy atom. The van der Waals surface area contributed by atoms with Gasteiger partial charge in [-0.05, 0) is 82.1 Å². The highest BCUT2D eigenvalue weighted by Crippen LogP contribution is 2.30. The van der Waals surface area contributed by atoms with Crippen molar-refractivity contribution in [3.8, 4) is 5.75 Å². The lowest BCUT2D eigenvalue weighted by molar-refractivity contribution is -0.137. The third-order valence-corrected chi connectivity index (χ3v) is 6.30. The first-order valence-corrected chi connectivity index (χ1v) is 12.5. The number of carbonyl (C=O) groups excluding carboxylic acids is 1. The highest BCUT2D eigenvalue weighted by Gasteiger charge is 2.30. The minimum absolute atomic E-state index is 0.0669. The molecule has 33 heavy (non-hydrogen) atoms. The molecular weight excluding hydrogens is 455 g/mol. The van der Waals surface area contributed by atoms with E-state index in [0.717, 1.165) is 37.8 Å². The van der Waals surface area contributed by atoms with Gasteiger partial charge in [0.2, 0.25) is 0 Å². The first-order valence-electron chi connectivity index (χ1n) is 10.6. The summed E-state index contributed by atoms with van der Waals surface area (Å²) < 4.78 is 65.0. The van der Waals surface area contributed by atoms with Gasteiger partial charge < -0.3 is 9.64 Å². The highest BCUT2D eigenvalue weighted by molar-refractivity contribution is 7.90. The van der Waals surface area contributed by atoms with E-state index in [2.05, 4.69) is 11.9 Å². The molecule has 0 spiro atoms. The lowest BCUT2D eigenvalue weighted by atomic mass is 9.98. The van der Waals surface area contributed by atoms with Crippen LogP contribution in [0.15, 0.2) is 47.4 Å². The SMILES string of the molecule is CC(C)Oc1ccc(S(C)(=O)=O)cc1C=O.CN1CCC(Cc2ccc(C(F)(F)F)cc2)C1. The van der Waals surface area contributed by atoms with Crippen LogP contribution in [-0.4, -0.2) is 52.1 Å². The Morgan fingerprint density at radius 1 is 1.15 bits per heavy atom. The van der Waals surface area contributed by atoms with E-state index in [0.29, 0.717) is 18.0 Å². The summed E-state index contributed by atoms with van der Waals surface area (Å²) in [5.41, 5.74) is 0.680. The van der Waals surface area contributed by atoms with Crippen molar-refractivity contribution >= 4 is 16.1 Å². The van der Waals surface area contributed by atoms with Gasteiger partial charge in [0.1, 0.15) is 5.75 Å². The Labute approximate surface area is 193 Å². The van der Waals surface area contributed by atoms with Crippen LogP contribution in [0.4, 0.5) is 13.2 Å². The number of rotatable bonds is 6. The zero-order valence-electron chi connectivity index (χ0n) is 19.2. The van der Waals surface area contributed by atoms with Crippen molar-refractivity contribution in [1.82, 2.24) is 4.90 Å². The molecule has 2 aromatic rings. The van der Waals surface area contributed by atoms with Crippen LogP contribution in [0.2, 0.25) is 0 Å². The molecule has 1 fully saturated rings. The fourth-order valence-corrected chi connectivity index (χ4v) is 4.22. The van der Waals surface area contributed by atoms with Crippen molar-refractivity contribution in [3.05, 3.63) is 59.2 Å². The molecule has 0 N–H and O–H groups in total. The fourth-order valence-electron chi connectivity index (χ4n) is 3.57. The van der Waals surface area contributed by atoms with Crippen molar-refractivity contribution in [3.63, 3.8) is 0 Å². The molecule has 1 saturated heterocycles. The number of halogens is 3. The van der Waals surface area contributed by atoms with Crippen LogP contribution in [0.1, 0.15) is 41.8 Å². The van der Waals surface area contributed by atoms with Crippen molar-refractivity contribution in [2.45, 2.75) is 43.9 Å². The molecule has 9 heteroatoms. The monoisotopic (exact) mass is 485 g/mol. The molecule has 0 aliphatic carbocycles. The van der Waals surface area contributed by atoms with Crippen LogP contribution in [0.25, 0.3) is 0 Å². The molecule has 2 aromatic carbocycles. The molecular formula is C24H30F3NO4S. The number of nitrogens with zero attached hydrogens (tertiary/aromatic N) is 1. The Hall–Kier alpha value is -2.39. The number of alkyl halides is 3. The van der Waals surface area contributed by atoms with E-state index in [1.54, 1.807) is 12.1 Å². The van der Waals surface area contributed by atoms with Crippen LogP contribution < -0.4 is 4.74 Å². The zero-order chi connectivity index (χ0) is 24.8. The highest BCUT2D eigenvalue weighted by atomic mass is 32.2. The van der Waals surface area contributed by atoms with E-state index in [1.807, 2.05) is 13.8 Å². The molecule has 5 nitrogen and oxygen atoms in total. The number of sulfone groups is 1. The lowest BCUT2D eigenvalue weighted by Gasteiger charge is -2.12. The molecule has 0 saturated carbocycles. The summed E-state index contributed by atoms with van der Waals surface area (Å²) in [5.74, 6) is 0.981. The summed E-state index contributed by atoms with van der Waals surface area (Å²) in [6.45, 7) is 5.80. The summed E-state index contributed by atoms with van der Waals surface area (Å²) >= 11 is 0. The molecule has 1 aliphatic heterocycles. The van der Waals surface area contributed by atoms with E-state index in [-0.39, 0.29) is 16.6 Å². The minimum atomic E-state index is -4.23. The number of ether oxygens (including phenoxy) is 1. The smallest absolute Gasteiger partial charge is 0.416 e. The molecule has 182 valence electrons. The predicted molar refractivity (Wildman–Crippen MR) is 121 cm³/mol. The Bertz CT molecular complexity index is 1030. The van der Waals surface area contributed by atoms with Crippen molar-refractivity contribution in [1.29, 1.82) is 0 Å². The Kier molecular flexibility index (Phi) is 9.08.